The number of carbonyl (C=O) groups is 2. The highest BCUT2D eigenvalue weighted by molar-refractivity contribution is 5.76. The highest BCUT2D eigenvalue weighted by Crippen LogP contribution is 2.44. The van der Waals surface area contributed by atoms with E-state index < -0.39 is 11.2 Å². The summed E-state index contributed by atoms with van der Waals surface area (Å²) >= 11 is 0. The SMILES string of the molecule is CC(C)(C)OC(=O)N1CC=C(c2cccc(-c3cc(C(C)(C)C)cc(C(C)(C)C)c3)c2)CC1.CC(C)(C)OC(=O)N1CCC(c2cccc(C3C=C(C(C)(C)C)C=C(C(C)(C)C)C3)c2)CC1. The van der Waals surface area contributed by atoms with Crippen molar-refractivity contribution in [2.24, 2.45) is 10.8 Å². The second kappa shape index (κ2) is 19.9. The fraction of sp³-hybridized carbons (Fsp3) is 0.567. The number of rotatable bonds is 4. The zero-order chi connectivity index (χ0) is 49.2. The van der Waals surface area contributed by atoms with Gasteiger partial charge in [0.2, 0.25) is 0 Å². The molecule has 0 spiro atoms. The van der Waals surface area contributed by atoms with Crippen LogP contribution < -0.4 is 0 Å². The highest BCUT2D eigenvalue weighted by atomic mass is 16.6. The molecule has 0 bridgehead atoms. The van der Waals surface area contributed by atoms with Crippen molar-refractivity contribution in [1.82, 2.24) is 9.80 Å². The molecule has 3 aliphatic rings. The Labute approximate surface area is 401 Å². The zero-order valence-corrected chi connectivity index (χ0v) is 44.4. The number of carbonyl (C=O) groups excluding carboxylic acids is 2. The quantitative estimate of drug-likeness (QED) is 0.262. The number of amides is 2. The van der Waals surface area contributed by atoms with Crippen molar-refractivity contribution in [2.75, 3.05) is 26.2 Å². The zero-order valence-electron chi connectivity index (χ0n) is 44.4. The summed E-state index contributed by atoms with van der Waals surface area (Å²) in [6.07, 6.45) is 10.6. The first-order valence-corrected chi connectivity index (χ1v) is 24.7. The molecule has 3 aromatic carbocycles. The van der Waals surface area contributed by atoms with Crippen LogP contribution in [-0.2, 0) is 20.3 Å². The van der Waals surface area contributed by atoms with E-state index in [4.69, 9.17) is 9.47 Å². The van der Waals surface area contributed by atoms with Crippen molar-refractivity contribution >= 4 is 17.8 Å². The van der Waals surface area contributed by atoms with E-state index in [1.807, 2.05) is 46.4 Å². The predicted molar refractivity (Wildman–Crippen MR) is 278 cm³/mol. The molecule has 6 rings (SSSR count). The molecule has 360 valence electrons. The molecule has 6 nitrogen and oxygen atoms in total. The van der Waals surface area contributed by atoms with Gasteiger partial charge in [-0.2, -0.15) is 0 Å². The van der Waals surface area contributed by atoms with Crippen LogP contribution in [0.15, 0.2) is 96.1 Å². The minimum absolute atomic E-state index is 0.0879. The van der Waals surface area contributed by atoms with Crippen LogP contribution in [0.2, 0.25) is 0 Å². The van der Waals surface area contributed by atoms with Crippen LogP contribution >= 0.6 is 0 Å². The average molecular weight is 899 g/mol. The second-order valence-corrected chi connectivity index (χ2v) is 25.3. The summed E-state index contributed by atoms with van der Waals surface area (Å²) in [6, 6.07) is 25.1. The third-order valence-corrected chi connectivity index (χ3v) is 13.0. The molecule has 66 heavy (non-hydrogen) atoms. The van der Waals surface area contributed by atoms with Crippen LogP contribution in [-0.4, -0.2) is 59.4 Å². The number of likely N-dealkylation sites (tertiary alicyclic amines) is 1. The molecule has 2 aliphatic heterocycles. The van der Waals surface area contributed by atoms with Gasteiger partial charge in [0.25, 0.3) is 0 Å². The van der Waals surface area contributed by atoms with E-state index in [0.29, 0.717) is 24.9 Å². The van der Waals surface area contributed by atoms with Gasteiger partial charge in [-0.25, -0.2) is 9.59 Å². The monoisotopic (exact) mass is 899 g/mol. The largest absolute Gasteiger partial charge is 0.444 e. The van der Waals surface area contributed by atoms with Crippen molar-refractivity contribution in [3.63, 3.8) is 0 Å². The van der Waals surface area contributed by atoms with Crippen LogP contribution in [0.1, 0.15) is 190 Å². The number of hydrogen-bond acceptors (Lipinski definition) is 4. The molecular formula is C60H86N2O4. The van der Waals surface area contributed by atoms with Crippen molar-refractivity contribution in [1.29, 1.82) is 0 Å². The van der Waals surface area contributed by atoms with Crippen molar-refractivity contribution in [3.8, 4) is 11.1 Å². The first-order chi connectivity index (χ1) is 30.3. The Morgan fingerprint density at radius 1 is 0.545 bits per heavy atom. The van der Waals surface area contributed by atoms with Gasteiger partial charge in [0.05, 0.1) is 0 Å². The lowest BCUT2D eigenvalue weighted by atomic mass is 9.71. The molecule has 3 aromatic rings. The molecule has 1 unspecified atom stereocenters. The molecular weight excluding hydrogens is 813 g/mol. The van der Waals surface area contributed by atoms with Crippen LogP contribution in [0.4, 0.5) is 9.59 Å². The molecule has 0 N–H and O–H groups in total. The summed E-state index contributed by atoms with van der Waals surface area (Å²) in [4.78, 5) is 28.5. The van der Waals surface area contributed by atoms with E-state index in [1.165, 1.54) is 55.7 Å². The Balaban J connectivity index is 0.000000247. The maximum Gasteiger partial charge on any atom is 0.410 e. The average Bonchev–Trinajstić information content (AvgIpc) is 3.21. The van der Waals surface area contributed by atoms with Gasteiger partial charge in [-0.15, -0.1) is 0 Å². The summed E-state index contributed by atoms with van der Waals surface area (Å²) in [6.45, 7) is 41.9. The maximum absolute atomic E-state index is 12.4. The van der Waals surface area contributed by atoms with Crippen LogP contribution in [0.3, 0.4) is 0 Å². The minimum atomic E-state index is -0.469. The molecule has 0 aromatic heterocycles. The molecule has 1 saturated heterocycles. The lowest BCUT2D eigenvalue weighted by Crippen LogP contribution is -2.41. The molecule has 6 heteroatoms. The Morgan fingerprint density at radius 3 is 1.58 bits per heavy atom. The number of nitrogens with zero attached hydrogens (tertiary/aromatic N) is 2. The predicted octanol–water partition coefficient (Wildman–Crippen LogP) is 16.2. The van der Waals surface area contributed by atoms with Gasteiger partial charge in [0, 0.05) is 32.1 Å². The van der Waals surface area contributed by atoms with Gasteiger partial charge in [-0.3, -0.25) is 0 Å². The van der Waals surface area contributed by atoms with Gasteiger partial charge in [-0.1, -0.05) is 168 Å². The number of piperidine rings is 1. The summed E-state index contributed by atoms with van der Waals surface area (Å²) in [5.74, 6) is 0.913. The van der Waals surface area contributed by atoms with Crippen molar-refractivity contribution in [2.45, 2.75) is 184 Å². The van der Waals surface area contributed by atoms with Gasteiger partial charge in [-0.05, 0) is 151 Å². The Hall–Kier alpha value is -4.58. The van der Waals surface area contributed by atoms with E-state index >= 15 is 0 Å². The summed E-state index contributed by atoms with van der Waals surface area (Å²) in [7, 11) is 0. The van der Waals surface area contributed by atoms with E-state index in [9.17, 15) is 9.59 Å². The van der Waals surface area contributed by atoms with Gasteiger partial charge >= 0.3 is 12.2 Å². The summed E-state index contributed by atoms with van der Waals surface area (Å²) in [5.41, 5.74) is 13.1. The first kappa shape index (κ1) is 52.4. The van der Waals surface area contributed by atoms with E-state index in [1.54, 1.807) is 4.90 Å². The third kappa shape index (κ3) is 14.7. The number of hydrogen-bond donors (Lipinski definition) is 0. The Bertz CT molecular complexity index is 2240. The number of benzene rings is 3. The van der Waals surface area contributed by atoms with Crippen molar-refractivity contribution in [3.05, 3.63) is 124 Å². The normalized spacial score (nSPS) is 18.1. The van der Waals surface area contributed by atoms with Crippen molar-refractivity contribution < 1.29 is 19.1 Å². The fourth-order valence-electron chi connectivity index (χ4n) is 8.76. The standard InChI is InChI=1S/C30H45NO2.C30H41NO2/c2*1-28(2,3)25-18-24(19-26(20-25)29(4,5)6)23-12-10-11-22(17-23)21-13-15-31(16-14-21)27(32)33-30(7,8)9/h10-12,17-18,20-21,24H,13-16,19H2,1-9H3;10-13,17-20H,14-16H2,1-9H3. The van der Waals surface area contributed by atoms with Crippen LogP contribution in [0, 0.1) is 10.8 Å². The highest BCUT2D eigenvalue weighted by Gasteiger charge is 2.31. The van der Waals surface area contributed by atoms with Crippen LogP contribution in [0.5, 0.6) is 0 Å². The van der Waals surface area contributed by atoms with Gasteiger partial charge < -0.3 is 19.3 Å². The summed E-state index contributed by atoms with van der Waals surface area (Å²) < 4.78 is 11.1. The molecule has 0 radical (unpaired) electrons. The van der Waals surface area contributed by atoms with E-state index in [0.717, 1.165) is 38.8 Å². The summed E-state index contributed by atoms with van der Waals surface area (Å²) in [5, 5.41) is 0. The second-order valence-electron chi connectivity index (χ2n) is 25.3. The fourth-order valence-corrected chi connectivity index (χ4v) is 8.76. The molecule has 2 amide bonds. The Morgan fingerprint density at radius 2 is 1.08 bits per heavy atom. The maximum atomic E-state index is 12.4. The number of allylic oxidation sites excluding steroid dienone is 4. The molecule has 0 saturated carbocycles. The third-order valence-electron chi connectivity index (χ3n) is 13.0. The van der Waals surface area contributed by atoms with Crippen LogP contribution in [0.25, 0.3) is 16.7 Å². The van der Waals surface area contributed by atoms with Gasteiger partial charge in [0.15, 0.2) is 0 Å². The lowest BCUT2D eigenvalue weighted by molar-refractivity contribution is 0.0203. The topological polar surface area (TPSA) is 59.1 Å². The smallest absolute Gasteiger partial charge is 0.410 e. The van der Waals surface area contributed by atoms with E-state index in [2.05, 4.69) is 168 Å². The molecule has 1 atom stereocenters. The minimum Gasteiger partial charge on any atom is -0.444 e. The lowest BCUT2D eigenvalue weighted by Gasteiger charge is -2.35. The molecule has 1 aliphatic carbocycles. The Kier molecular flexibility index (Phi) is 15.8. The van der Waals surface area contributed by atoms with E-state index in [-0.39, 0.29) is 33.8 Å². The number of ether oxygens (including phenoxy) is 2. The van der Waals surface area contributed by atoms with Gasteiger partial charge in [0.1, 0.15) is 11.2 Å². The molecule has 2 heterocycles. The first-order valence-electron chi connectivity index (χ1n) is 24.7. The molecule has 1 fully saturated rings.